The minimum Gasteiger partial charge on any atom is -0.268 e. The Kier molecular flexibility index (Phi) is 5.77. The van der Waals surface area contributed by atoms with Crippen molar-refractivity contribution in [2.24, 2.45) is 5.92 Å². The van der Waals surface area contributed by atoms with Gasteiger partial charge in [-0.2, -0.15) is 0 Å². The predicted molar refractivity (Wildman–Crippen MR) is 103 cm³/mol. The molecule has 2 nitrogen and oxygen atoms in total. The third kappa shape index (κ3) is 3.75. The largest absolute Gasteiger partial charge is 0.268 e. The van der Waals surface area contributed by atoms with Gasteiger partial charge >= 0.3 is 0 Å². The van der Waals surface area contributed by atoms with Gasteiger partial charge in [0.1, 0.15) is 5.69 Å². The highest BCUT2D eigenvalue weighted by atomic mass is 127. The molecule has 1 saturated carbocycles. The van der Waals surface area contributed by atoms with Crippen molar-refractivity contribution < 1.29 is 13.6 Å². The summed E-state index contributed by atoms with van der Waals surface area (Å²) in [6, 6.07) is 8.81. The van der Waals surface area contributed by atoms with Crippen molar-refractivity contribution in [1.29, 1.82) is 0 Å². The van der Waals surface area contributed by atoms with E-state index in [1.165, 1.54) is 23.6 Å². The SMILES string of the molecule is Cc1cc(I)ccc1N(OCC1CCC1)c1ccc(Br)c(F)c1F. The maximum absolute atomic E-state index is 14.5. The van der Waals surface area contributed by atoms with E-state index in [2.05, 4.69) is 38.5 Å². The fraction of sp³-hybridized carbons (Fsp3) is 0.333. The standard InChI is InChI=1S/C18H17BrF2INO/c1-11-9-13(22)5-7-15(11)23(24-10-12-3-2-4-12)16-8-6-14(19)17(20)18(16)21/h5-9,12H,2-4,10H2,1H3. The first-order valence-electron chi connectivity index (χ1n) is 7.80. The Balaban J connectivity index is 1.99. The quantitative estimate of drug-likeness (QED) is 0.260. The molecule has 3 rings (SSSR count). The molecule has 0 bridgehead atoms. The molecule has 0 aromatic heterocycles. The van der Waals surface area contributed by atoms with E-state index in [4.69, 9.17) is 4.84 Å². The minimum absolute atomic E-state index is 0.0827. The van der Waals surface area contributed by atoms with Crippen LogP contribution in [0.15, 0.2) is 34.8 Å². The maximum atomic E-state index is 14.5. The summed E-state index contributed by atoms with van der Waals surface area (Å²) in [7, 11) is 0. The first-order valence-corrected chi connectivity index (χ1v) is 9.67. The van der Waals surface area contributed by atoms with Gasteiger partial charge in [-0.05, 0) is 100 Å². The van der Waals surface area contributed by atoms with E-state index < -0.39 is 11.6 Å². The molecular weight excluding hydrogens is 491 g/mol. The highest BCUT2D eigenvalue weighted by Crippen LogP contribution is 2.36. The Morgan fingerprint density at radius 1 is 1.17 bits per heavy atom. The van der Waals surface area contributed by atoms with Gasteiger partial charge in [0.05, 0.1) is 16.8 Å². The number of rotatable bonds is 5. The molecule has 0 aliphatic heterocycles. The van der Waals surface area contributed by atoms with E-state index in [9.17, 15) is 8.78 Å². The molecule has 24 heavy (non-hydrogen) atoms. The van der Waals surface area contributed by atoms with E-state index in [0.717, 1.165) is 27.7 Å². The summed E-state index contributed by atoms with van der Waals surface area (Å²) in [6.07, 6.45) is 3.45. The van der Waals surface area contributed by atoms with Gasteiger partial charge < -0.3 is 0 Å². The third-order valence-corrected chi connectivity index (χ3v) is 5.56. The minimum atomic E-state index is -0.920. The molecule has 0 saturated heterocycles. The van der Waals surface area contributed by atoms with Crippen LogP contribution < -0.4 is 5.06 Å². The lowest BCUT2D eigenvalue weighted by Crippen LogP contribution is -2.26. The average molecular weight is 508 g/mol. The molecule has 1 aliphatic rings. The lowest BCUT2D eigenvalue weighted by Gasteiger charge is -2.31. The van der Waals surface area contributed by atoms with Gasteiger partial charge in [0.15, 0.2) is 11.6 Å². The first kappa shape index (κ1) is 18.1. The molecule has 0 N–H and O–H groups in total. The molecule has 1 aliphatic carbocycles. The van der Waals surface area contributed by atoms with Crippen LogP contribution in [0.4, 0.5) is 20.2 Å². The van der Waals surface area contributed by atoms with E-state index in [-0.39, 0.29) is 10.2 Å². The van der Waals surface area contributed by atoms with Gasteiger partial charge in [0.2, 0.25) is 0 Å². The molecule has 0 amide bonds. The van der Waals surface area contributed by atoms with E-state index in [1.54, 1.807) is 0 Å². The van der Waals surface area contributed by atoms with Crippen molar-refractivity contribution in [2.45, 2.75) is 26.2 Å². The van der Waals surface area contributed by atoms with Crippen molar-refractivity contribution in [3.05, 3.63) is 55.6 Å². The van der Waals surface area contributed by atoms with Crippen LogP contribution in [0, 0.1) is 28.0 Å². The molecule has 2 aromatic carbocycles. The van der Waals surface area contributed by atoms with E-state index in [0.29, 0.717) is 12.5 Å². The number of aryl methyl sites for hydroxylation is 1. The number of hydrogen-bond donors (Lipinski definition) is 0. The van der Waals surface area contributed by atoms with Crippen LogP contribution >= 0.6 is 38.5 Å². The van der Waals surface area contributed by atoms with Crippen LogP contribution in [0.1, 0.15) is 24.8 Å². The zero-order valence-electron chi connectivity index (χ0n) is 13.2. The lowest BCUT2D eigenvalue weighted by molar-refractivity contribution is 0.0693. The van der Waals surface area contributed by atoms with Crippen molar-refractivity contribution >= 4 is 49.9 Å². The Labute approximate surface area is 162 Å². The van der Waals surface area contributed by atoms with Gasteiger partial charge in [0.25, 0.3) is 0 Å². The summed E-state index contributed by atoms with van der Waals surface area (Å²) in [5.41, 5.74) is 1.74. The molecule has 0 heterocycles. The van der Waals surface area contributed by atoms with Crippen molar-refractivity contribution in [2.75, 3.05) is 11.7 Å². The average Bonchev–Trinajstić information content (AvgIpc) is 2.49. The van der Waals surface area contributed by atoms with Gasteiger partial charge in [-0.3, -0.25) is 4.84 Å². The zero-order chi connectivity index (χ0) is 17.3. The van der Waals surface area contributed by atoms with Crippen molar-refractivity contribution in [3.63, 3.8) is 0 Å². The van der Waals surface area contributed by atoms with Gasteiger partial charge in [0, 0.05) is 3.57 Å². The Hall–Kier alpha value is -0.730. The van der Waals surface area contributed by atoms with Crippen LogP contribution in [0.3, 0.4) is 0 Å². The second-order valence-electron chi connectivity index (χ2n) is 6.01. The van der Waals surface area contributed by atoms with Crippen molar-refractivity contribution in [3.8, 4) is 0 Å². The normalized spacial score (nSPS) is 14.5. The third-order valence-electron chi connectivity index (χ3n) is 4.28. The predicted octanol–water partition coefficient (Wildman–Crippen LogP) is 6.51. The summed E-state index contributed by atoms with van der Waals surface area (Å²) < 4.78 is 29.7. The monoisotopic (exact) mass is 507 g/mol. The molecule has 0 spiro atoms. The molecule has 0 radical (unpaired) electrons. The van der Waals surface area contributed by atoms with Gasteiger partial charge in [-0.1, -0.05) is 6.42 Å². The topological polar surface area (TPSA) is 12.5 Å². The van der Waals surface area contributed by atoms with Crippen LogP contribution in [0.2, 0.25) is 0 Å². The highest BCUT2D eigenvalue weighted by Gasteiger charge is 2.24. The fourth-order valence-electron chi connectivity index (χ4n) is 2.63. The smallest absolute Gasteiger partial charge is 0.186 e. The summed E-state index contributed by atoms with van der Waals surface area (Å²) in [6.45, 7) is 2.44. The second-order valence-corrected chi connectivity index (χ2v) is 8.11. The van der Waals surface area contributed by atoms with Crippen molar-refractivity contribution in [1.82, 2.24) is 0 Å². The molecular formula is C18H17BrF2INO. The molecule has 6 heteroatoms. The molecule has 0 atom stereocenters. The highest BCUT2D eigenvalue weighted by molar-refractivity contribution is 14.1. The molecule has 0 unspecified atom stereocenters. The maximum Gasteiger partial charge on any atom is 0.186 e. The second kappa shape index (κ2) is 7.66. The van der Waals surface area contributed by atoms with Crippen LogP contribution in [-0.4, -0.2) is 6.61 Å². The number of nitrogens with zero attached hydrogens (tertiary/aromatic N) is 1. The summed E-state index contributed by atoms with van der Waals surface area (Å²) in [5.74, 6) is -1.34. The number of hydrogen-bond acceptors (Lipinski definition) is 2. The van der Waals surface area contributed by atoms with Crippen LogP contribution in [-0.2, 0) is 4.84 Å². The Bertz CT molecular complexity index is 752. The first-order chi connectivity index (χ1) is 11.5. The number of halogens is 4. The summed E-state index contributed by atoms with van der Waals surface area (Å²) >= 11 is 5.24. The number of anilines is 2. The summed E-state index contributed by atoms with van der Waals surface area (Å²) in [5, 5.41) is 1.43. The number of benzene rings is 2. The van der Waals surface area contributed by atoms with Crippen LogP contribution in [0.5, 0.6) is 0 Å². The lowest BCUT2D eigenvalue weighted by atomic mass is 9.86. The Morgan fingerprint density at radius 3 is 2.50 bits per heavy atom. The van der Waals surface area contributed by atoms with Crippen LogP contribution in [0.25, 0.3) is 0 Å². The van der Waals surface area contributed by atoms with E-state index >= 15 is 0 Å². The zero-order valence-corrected chi connectivity index (χ0v) is 16.9. The molecule has 1 fully saturated rings. The molecule has 2 aromatic rings. The van der Waals surface area contributed by atoms with Gasteiger partial charge in [-0.25, -0.2) is 13.8 Å². The fourth-order valence-corrected chi connectivity index (χ4v) is 3.58. The summed E-state index contributed by atoms with van der Waals surface area (Å²) in [4.78, 5) is 5.92. The van der Waals surface area contributed by atoms with Gasteiger partial charge in [-0.15, -0.1) is 0 Å². The van der Waals surface area contributed by atoms with E-state index in [1.807, 2.05) is 25.1 Å². The Morgan fingerprint density at radius 2 is 1.88 bits per heavy atom. The molecule has 128 valence electrons.